The molecule has 1 aliphatic heterocycles. The van der Waals surface area contributed by atoms with Gasteiger partial charge in [-0.3, -0.25) is 4.79 Å². The van der Waals surface area contributed by atoms with Crippen LogP contribution in [0.5, 0.6) is 0 Å². The van der Waals surface area contributed by atoms with Crippen LogP contribution in [0.4, 0.5) is 0 Å². The van der Waals surface area contributed by atoms with Gasteiger partial charge in [-0.05, 0) is 37.0 Å². The second kappa shape index (κ2) is 5.44. The molecule has 6 heteroatoms. The minimum Gasteiger partial charge on any atom is -0.334 e. The molecule has 2 atom stereocenters. The lowest BCUT2D eigenvalue weighted by molar-refractivity contribution is 0.0574. The number of hydrogen-bond donors (Lipinski definition) is 1. The topological polar surface area (TPSA) is 77.0 Å². The monoisotopic (exact) mass is 287 g/mol. The van der Waals surface area contributed by atoms with Crippen LogP contribution in [-0.2, 0) is 7.05 Å². The maximum atomic E-state index is 12.7. The van der Waals surface area contributed by atoms with Crippen LogP contribution >= 0.6 is 0 Å². The Labute approximate surface area is 123 Å². The van der Waals surface area contributed by atoms with Gasteiger partial charge in [0.1, 0.15) is 5.52 Å². The van der Waals surface area contributed by atoms with Gasteiger partial charge in [0.25, 0.3) is 5.91 Å². The highest BCUT2D eigenvalue weighted by Crippen LogP contribution is 2.24. The summed E-state index contributed by atoms with van der Waals surface area (Å²) in [5.41, 5.74) is 8.18. The molecule has 0 radical (unpaired) electrons. The number of benzene rings is 1. The van der Waals surface area contributed by atoms with E-state index < -0.39 is 0 Å². The highest BCUT2D eigenvalue weighted by molar-refractivity contribution is 5.97. The predicted molar refractivity (Wildman–Crippen MR) is 80.8 cm³/mol. The van der Waals surface area contributed by atoms with Crippen molar-refractivity contribution in [2.45, 2.75) is 25.8 Å². The number of nitrogens with two attached hydrogens (primary N) is 1. The van der Waals surface area contributed by atoms with Crippen molar-refractivity contribution in [2.75, 3.05) is 13.1 Å². The SMILES string of the molecule is CC1CCN(C(=O)c2ccc3c(c2)nnn3C)C(CN)C1. The van der Waals surface area contributed by atoms with Crippen LogP contribution in [0.1, 0.15) is 30.1 Å². The normalized spacial score (nSPS) is 22.7. The van der Waals surface area contributed by atoms with E-state index >= 15 is 0 Å². The third kappa shape index (κ3) is 2.51. The zero-order valence-corrected chi connectivity index (χ0v) is 12.5. The molecule has 0 aliphatic carbocycles. The van der Waals surface area contributed by atoms with Crippen LogP contribution < -0.4 is 5.73 Å². The van der Waals surface area contributed by atoms with E-state index in [9.17, 15) is 4.79 Å². The molecule has 1 aliphatic rings. The number of likely N-dealkylation sites (tertiary alicyclic amines) is 1. The van der Waals surface area contributed by atoms with Gasteiger partial charge in [0.15, 0.2) is 0 Å². The van der Waals surface area contributed by atoms with Crippen LogP contribution in [0, 0.1) is 5.92 Å². The van der Waals surface area contributed by atoms with Gasteiger partial charge < -0.3 is 10.6 Å². The summed E-state index contributed by atoms with van der Waals surface area (Å²) in [7, 11) is 1.84. The number of nitrogens with zero attached hydrogens (tertiary/aromatic N) is 4. The van der Waals surface area contributed by atoms with Crippen molar-refractivity contribution in [3.63, 3.8) is 0 Å². The molecule has 2 aromatic rings. The van der Waals surface area contributed by atoms with E-state index in [1.165, 1.54) is 0 Å². The molecule has 2 unspecified atom stereocenters. The summed E-state index contributed by atoms with van der Waals surface area (Å²) in [4.78, 5) is 14.7. The maximum Gasteiger partial charge on any atom is 0.254 e. The van der Waals surface area contributed by atoms with Crippen molar-refractivity contribution in [3.8, 4) is 0 Å². The molecule has 21 heavy (non-hydrogen) atoms. The molecule has 2 heterocycles. The molecule has 112 valence electrons. The van der Waals surface area contributed by atoms with Gasteiger partial charge >= 0.3 is 0 Å². The van der Waals surface area contributed by atoms with Gasteiger partial charge in [0.05, 0.1) is 5.52 Å². The lowest BCUT2D eigenvalue weighted by Crippen LogP contribution is -2.49. The molecular weight excluding hydrogens is 266 g/mol. The number of amides is 1. The zero-order chi connectivity index (χ0) is 15.0. The highest BCUT2D eigenvalue weighted by atomic mass is 16.2. The summed E-state index contributed by atoms with van der Waals surface area (Å²) >= 11 is 0. The zero-order valence-electron chi connectivity index (χ0n) is 12.5. The largest absolute Gasteiger partial charge is 0.334 e. The average Bonchev–Trinajstić information content (AvgIpc) is 2.87. The van der Waals surface area contributed by atoms with Crippen molar-refractivity contribution in [1.82, 2.24) is 19.9 Å². The average molecular weight is 287 g/mol. The third-order valence-corrected chi connectivity index (χ3v) is 4.37. The molecular formula is C15H21N5O. The van der Waals surface area contributed by atoms with Gasteiger partial charge in [-0.25, -0.2) is 4.68 Å². The van der Waals surface area contributed by atoms with E-state index in [1.54, 1.807) is 4.68 Å². The summed E-state index contributed by atoms with van der Waals surface area (Å²) in [5, 5.41) is 8.05. The first-order chi connectivity index (χ1) is 10.1. The second-order valence-corrected chi connectivity index (χ2v) is 5.93. The van der Waals surface area contributed by atoms with Crippen LogP contribution in [0.2, 0.25) is 0 Å². The number of aromatic nitrogens is 3. The van der Waals surface area contributed by atoms with Crippen LogP contribution in [0.25, 0.3) is 11.0 Å². The summed E-state index contributed by atoms with van der Waals surface area (Å²) in [6.07, 6.45) is 2.02. The van der Waals surface area contributed by atoms with E-state index in [1.807, 2.05) is 30.1 Å². The Morgan fingerprint density at radius 3 is 3.05 bits per heavy atom. The molecule has 1 aromatic carbocycles. The number of hydrogen-bond acceptors (Lipinski definition) is 4. The van der Waals surface area contributed by atoms with Crippen LogP contribution in [0.15, 0.2) is 18.2 Å². The van der Waals surface area contributed by atoms with E-state index in [0.29, 0.717) is 18.0 Å². The molecule has 1 amide bonds. The Morgan fingerprint density at radius 2 is 2.29 bits per heavy atom. The number of aryl methyl sites for hydroxylation is 1. The summed E-state index contributed by atoms with van der Waals surface area (Å²) in [6.45, 7) is 3.51. The molecule has 1 fully saturated rings. The first-order valence-corrected chi connectivity index (χ1v) is 7.40. The van der Waals surface area contributed by atoms with E-state index in [2.05, 4.69) is 17.2 Å². The van der Waals surface area contributed by atoms with Crippen LogP contribution in [-0.4, -0.2) is 44.9 Å². The number of carbonyl (C=O) groups is 1. The van der Waals surface area contributed by atoms with E-state index in [4.69, 9.17) is 5.73 Å². The van der Waals surface area contributed by atoms with Crippen molar-refractivity contribution >= 4 is 16.9 Å². The van der Waals surface area contributed by atoms with Crippen molar-refractivity contribution in [3.05, 3.63) is 23.8 Å². The molecule has 2 N–H and O–H groups in total. The molecule has 6 nitrogen and oxygen atoms in total. The Bertz CT molecular complexity index is 665. The van der Waals surface area contributed by atoms with E-state index in [0.717, 1.165) is 30.4 Å². The number of fused-ring (bicyclic) bond motifs is 1. The second-order valence-electron chi connectivity index (χ2n) is 5.93. The smallest absolute Gasteiger partial charge is 0.254 e. The molecule has 1 aromatic heterocycles. The minimum absolute atomic E-state index is 0.0462. The fraction of sp³-hybridized carbons (Fsp3) is 0.533. The van der Waals surface area contributed by atoms with Gasteiger partial charge in [-0.2, -0.15) is 0 Å². The molecule has 0 saturated carbocycles. The highest BCUT2D eigenvalue weighted by Gasteiger charge is 2.29. The lowest BCUT2D eigenvalue weighted by atomic mass is 9.92. The third-order valence-electron chi connectivity index (χ3n) is 4.37. The maximum absolute atomic E-state index is 12.7. The van der Waals surface area contributed by atoms with Crippen molar-refractivity contribution in [1.29, 1.82) is 0 Å². The van der Waals surface area contributed by atoms with Gasteiger partial charge in [-0.1, -0.05) is 12.1 Å². The fourth-order valence-electron chi connectivity index (χ4n) is 3.08. The van der Waals surface area contributed by atoms with Gasteiger partial charge in [-0.15, -0.1) is 5.10 Å². The van der Waals surface area contributed by atoms with Crippen molar-refractivity contribution < 1.29 is 4.79 Å². The Morgan fingerprint density at radius 1 is 1.48 bits per heavy atom. The van der Waals surface area contributed by atoms with Crippen LogP contribution in [0.3, 0.4) is 0 Å². The van der Waals surface area contributed by atoms with Gasteiger partial charge in [0.2, 0.25) is 0 Å². The molecule has 1 saturated heterocycles. The molecule has 0 spiro atoms. The summed E-state index contributed by atoms with van der Waals surface area (Å²) < 4.78 is 1.70. The first kappa shape index (κ1) is 14.0. The summed E-state index contributed by atoms with van der Waals surface area (Å²) in [5.74, 6) is 0.676. The van der Waals surface area contributed by atoms with Gasteiger partial charge in [0, 0.05) is 31.7 Å². The Balaban J connectivity index is 1.88. The molecule has 0 bridgehead atoms. The number of carbonyl (C=O) groups excluding carboxylic acids is 1. The number of piperidine rings is 1. The summed E-state index contributed by atoms with van der Waals surface area (Å²) in [6, 6.07) is 5.70. The quantitative estimate of drug-likeness (QED) is 0.899. The Kier molecular flexibility index (Phi) is 3.63. The van der Waals surface area contributed by atoms with E-state index in [-0.39, 0.29) is 11.9 Å². The first-order valence-electron chi connectivity index (χ1n) is 7.40. The standard InChI is InChI=1S/C15H21N5O/c1-10-5-6-20(12(7-10)9-16)15(21)11-3-4-14-13(8-11)17-18-19(14)2/h3-4,8,10,12H,5-7,9,16H2,1-2H3. The molecule has 3 rings (SSSR count). The Hall–Kier alpha value is -1.95. The minimum atomic E-state index is 0.0462. The number of rotatable bonds is 2. The lowest BCUT2D eigenvalue weighted by Gasteiger charge is -2.38. The fourth-order valence-corrected chi connectivity index (χ4v) is 3.08. The predicted octanol–water partition coefficient (Wildman–Crippen LogP) is 1.17. The van der Waals surface area contributed by atoms with Crippen molar-refractivity contribution in [2.24, 2.45) is 18.7 Å².